The van der Waals surface area contributed by atoms with Gasteiger partial charge in [-0.25, -0.2) is 9.50 Å². The van der Waals surface area contributed by atoms with Crippen molar-refractivity contribution < 1.29 is 13.2 Å². The van der Waals surface area contributed by atoms with Gasteiger partial charge in [0.1, 0.15) is 0 Å². The lowest BCUT2D eigenvalue weighted by Gasteiger charge is -2.10. The number of fused-ring (bicyclic) bond motifs is 1. The monoisotopic (exact) mass is 404 g/mol. The molecule has 148 valence electrons. The number of aromatic nitrogens is 4. The molecule has 30 heavy (non-hydrogen) atoms. The second-order valence-electron chi connectivity index (χ2n) is 7.20. The Hall–Kier alpha value is -3.66. The quantitative estimate of drug-likeness (QED) is 0.437. The van der Waals surface area contributed by atoms with Crippen molar-refractivity contribution in [1.82, 2.24) is 19.6 Å². The van der Waals surface area contributed by atoms with Gasteiger partial charge in [0, 0.05) is 35.1 Å². The maximum Gasteiger partial charge on any atom is 0.416 e. The van der Waals surface area contributed by atoms with Crippen LogP contribution in [0, 0.1) is 11.8 Å². The van der Waals surface area contributed by atoms with Gasteiger partial charge in [-0.05, 0) is 43.2 Å². The van der Waals surface area contributed by atoms with Crippen LogP contribution in [0.3, 0.4) is 0 Å². The Morgan fingerprint density at radius 2 is 1.80 bits per heavy atom. The molecule has 1 fully saturated rings. The van der Waals surface area contributed by atoms with E-state index >= 15 is 0 Å². The lowest BCUT2D eigenvalue weighted by Crippen LogP contribution is -2.04. The van der Waals surface area contributed by atoms with Crippen molar-refractivity contribution in [2.75, 3.05) is 0 Å². The van der Waals surface area contributed by atoms with E-state index in [1.165, 1.54) is 12.1 Å². The Morgan fingerprint density at radius 3 is 2.47 bits per heavy atom. The molecule has 0 bridgehead atoms. The molecule has 0 unspecified atom stereocenters. The van der Waals surface area contributed by atoms with Crippen LogP contribution in [0.5, 0.6) is 0 Å². The van der Waals surface area contributed by atoms with Crippen molar-refractivity contribution in [3.8, 4) is 23.1 Å². The van der Waals surface area contributed by atoms with E-state index in [1.807, 2.05) is 18.2 Å². The minimum atomic E-state index is -4.37. The van der Waals surface area contributed by atoms with Gasteiger partial charge in [-0.15, -0.1) is 0 Å². The van der Waals surface area contributed by atoms with E-state index < -0.39 is 11.7 Å². The summed E-state index contributed by atoms with van der Waals surface area (Å²) in [5.74, 6) is 6.53. The second kappa shape index (κ2) is 6.99. The minimum absolute atomic E-state index is 0.378. The van der Waals surface area contributed by atoms with E-state index in [-0.39, 0.29) is 0 Å². The van der Waals surface area contributed by atoms with Crippen LogP contribution in [0.2, 0.25) is 0 Å². The molecule has 4 aromatic rings. The number of alkyl halides is 3. The molecule has 1 saturated carbocycles. The highest BCUT2D eigenvalue weighted by Gasteiger charge is 2.31. The lowest BCUT2D eigenvalue weighted by molar-refractivity contribution is -0.137. The smallest absolute Gasteiger partial charge is 0.263 e. The van der Waals surface area contributed by atoms with Crippen molar-refractivity contribution in [1.29, 1.82) is 0 Å². The van der Waals surface area contributed by atoms with Crippen LogP contribution in [-0.2, 0) is 6.18 Å². The number of nitrogens with zero attached hydrogens (tertiary/aromatic N) is 4. The number of hydrogen-bond acceptors (Lipinski definition) is 3. The highest BCUT2D eigenvalue weighted by molar-refractivity contribution is 5.67. The summed E-state index contributed by atoms with van der Waals surface area (Å²) in [6.07, 6.45) is 2.78. The van der Waals surface area contributed by atoms with E-state index in [2.05, 4.69) is 26.9 Å². The van der Waals surface area contributed by atoms with Crippen LogP contribution < -0.4 is 0 Å². The predicted octanol–water partition coefficient (Wildman–Crippen LogP) is 5.09. The zero-order valence-corrected chi connectivity index (χ0v) is 15.7. The van der Waals surface area contributed by atoms with E-state index in [9.17, 15) is 13.2 Å². The first-order valence-corrected chi connectivity index (χ1v) is 9.47. The molecule has 0 radical (unpaired) electrons. The third-order valence-corrected chi connectivity index (χ3v) is 5.01. The first-order chi connectivity index (χ1) is 14.5. The van der Waals surface area contributed by atoms with E-state index in [1.54, 1.807) is 23.1 Å². The van der Waals surface area contributed by atoms with E-state index in [0.29, 0.717) is 28.4 Å². The molecule has 0 atom stereocenters. The normalized spacial score (nSPS) is 13.8. The Bertz CT molecular complexity index is 1280. The van der Waals surface area contributed by atoms with Crippen LogP contribution in [0.1, 0.15) is 41.1 Å². The average molecular weight is 404 g/mol. The average Bonchev–Trinajstić information content (AvgIpc) is 3.52. The molecule has 0 N–H and O–H groups in total. The molecule has 5 rings (SSSR count). The highest BCUT2D eigenvalue weighted by Crippen LogP contribution is 2.41. The summed E-state index contributed by atoms with van der Waals surface area (Å²) >= 11 is 0. The third kappa shape index (κ3) is 3.52. The number of rotatable bonds is 2. The van der Waals surface area contributed by atoms with Gasteiger partial charge in [-0.3, -0.25) is 4.98 Å². The molecule has 3 heterocycles. The zero-order valence-electron chi connectivity index (χ0n) is 15.7. The molecular formula is C23H15F3N4. The Balaban J connectivity index is 1.61. The van der Waals surface area contributed by atoms with Crippen molar-refractivity contribution >= 4 is 5.65 Å². The van der Waals surface area contributed by atoms with Crippen LogP contribution in [0.4, 0.5) is 13.2 Å². The maximum absolute atomic E-state index is 12.9. The summed E-state index contributed by atoms with van der Waals surface area (Å²) in [6.45, 7) is 0. The van der Waals surface area contributed by atoms with Gasteiger partial charge >= 0.3 is 6.18 Å². The van der Waals surface area contributed by atoms with Gasteiger partial charge in [0.15, 0.2) is 5.65 Å². The van der Waals surface area contributed by atoms with Gasteiger partial charge < -0.3 is 0 Å². The van der Waals surface area contributed by atoms with Crippen molar-refractivity contribution in [2.24, 2.45) is 0 Å². The van der Waals surface area contributed by atoms with Crippen molar-refractivity contribution in [2.45, 2.75) is 24.9 Å². The third-order valence-electron chi connectivity index (χ3n) is 5.01. The SMILES string of the molecule is FC(F)(F)c1ccc(-c2cc(C3CC3)n3ncc(C#Cc4cccnc4)c3n2)cc1. The van der Waals surface area contributed by atoms with E-state index in [4.69, 9.17) is 0 Å². The number of halogens is 3. The summed E-state index contributed by atoms with van der Waals surface area (Å²) < 4.78 is 40.5. The molecule has 7 heteroatoms. The van der Waals surface area contributed by atoms with Crippen LogP contribution in [-0.4, -0.2) is 19.6 Å². The maximum atomic E-state index is 12.9. The molecule has 3 aromatic heterocycles. The van der Waals surface area contributed by atoms with Gasteiger partial charge in [-0.2, -0.15) is 18.3 Å². The first kappa shape index (κ1) is 18.4. The predicted molar refractivity (Wildman–Crippen MR) is 106 cm³/mol. The van der Waals surface area contributed by atoms with Gasteiger partial charge in [0.25, 0.3) is 0 Å². The molecule has 0 saturated heterocycles. The largest absolute Gasteiger partial charge is 0.416 e. The second-order valence-corrected chi connectivity index (χ2v) is 7.20. The lowest BCUT2D eigenvalue weighted by atomic mass is 10.1. The molecular weight excluding hydrogens is 389 g/mol. The Morgan fingerprint density at radius 1 is 1.00 bits per heavy atom. The summed E-state index contributed by atoms with van der Waals surface area (Å²) in [7, 11) is 0. The molecule has 0 aliphatic heterocycles. The standard InChI is InChI=1S/C23H15F3N4/c24-23(25,26)19-9-7-16(8-10-19)20-12-21(17-5-6-17)30-22(29-20)18(14-28-30)4-3-15-2-1-11-27-13-15/h1-2,7-14,17H,5-6H2. The zero-order chi connectivity index (χ0) is 20.7. The summed E-state index contributed by atoms with van der Waals surface area (Å²) in [5.41, 5.74) is 3.60. The Kier molecular flexibility index (Phi) is 4.28. The highest BCUT2D eigenvalue weighted by atomic mass is 19.4. The minimum Gasteiger partial charge on any atom is -0.263 e. The molecule has 1 aliphatic carbocycles. The van der Waals surface area contributed by atoms with Gasteiger partial charge in [0.05, 0.1) is 23.0 Å². The van der Waals surface area contributed by atoms with E-state index in [0.717, 1.165) is 36.2 Å². The van der Waals surface area contributed by atoms with Crippen LogP contribution in [0.15, 0.2) is 61.1 Å². The number of pyridine rings is 1. The summed E-state index contributed by atoms with van der Waals surface area (Å²) in [6, 6.07) is 10.7. The molecule has 0 amide bonds. The topological polar surface area (TPSA) is 43.1 Å². The van der Waals surface area contributed by atoms with Crippen LogP contribution >= 0.6 is 0 Å². The fourth-order valence-corrected chi connectivity index (χ4v) is 3.30. The molecule has 1 aliphatic rings. The molecule has 4 nitrogen and oxygen atoms in total. The molecule has 1 aromatic carbocycles. The first-order valence-electron chi connectivity index (χ1n) is 9.47. The Labute approximate surface area is 170 Å². The number of hydrogen-bond donors (Lipinski definition) is 0. The summed E-state index contributed by atoms with van der Waals surface area (Å²) in [4.78, 5) is 8.73. The molecule has 0 spiro atoms. The summed E-state index contributed by atoms with van der Waals surface area (Å²) in [5, 5.41) is 4.46. The van der Waals surface area contributed by atoms with Crippen molar-refractivity contribution in [3.63, 3.8) is 0 Å². The van der Waals surface area contributed by atoms with Gasteiger partial charge in [-0.1, -0.05) is 24.0 Å². The van der Waals surface area contributed by atoms with Gasteiger partial charge in [0.2, 0.25) is 0 Å². The van der Waals surface area contributed by atoms with Crippen LogP contribution in [0.25, 0.3) is 16.9 Å². The fourth-order valence-electron chi connectivity index (χ4n) is 3.30. The van der Waals surface area contributed by atoms with Crippen molar-refractivity contribution in [3.05, 3.63) is 83.4 Å². The number of benzene rings is 1. The fraction of sp³-hybridized carbons (Fsp3) is 0.174.